The molecule has 18 heavy (non-hydrogen) atoms. The second kappa shape index (κ2) is 4.78. The van der Waals surface area contributed by atoms with Crippen LogP contribution in [0.15, 0.2) is 24.3 Å². The Labute approximate surface area is 104 Å². The molecule has 5 nitrogen and oxygen atoms in total. The quantitative estimate of drug-likeness (QED) is 0.743. The molecule has 0 aliphatic heterocycles. The first-order chi connectivity index (χ1) is 8.52. The van der Waals surface area contributed by atoms with Crippen molar-refractivity contribution in [3.63, 3.8) is 0 Å². The van der Waals surface area contributed by atoms with Gasteiger partial charge in [0.25, 0.3) is 5.91 Å². The largest absolute Gasteiger partial charge is 0.478 e. The van der Waals surface area contributed by atoms with Gasteiger partial charge in [0.15, 0.2) is 0 Å². The Morgan fingerprint density at radius 1 is 1.22 bits per heavy atom. The van der Waals surface area contributed by atoms with Crippen molar-refractivity contribution in [3.8, 4) is 0 Å². The molecule has 0 radical (unpaired) electrons. The topological polar surface area (TPSA) is 86.6 Å². The molecule has 2 rings (SSSR count). The van der Waals surface area contributed by atoms with Crippen LogP contribution in [0, 0.1) is 0 Å². The predicted octanol–water partition coefficient (Wildman–Crippen LogP) is 1.03. The molecule has 1 aliphatic carbocycles. The summed E-state index contributed by atoms with van der Waals surface area (Å²) in [7, 11) is 0. The molecule has 0 spiro atoms. The van der Waals surface area contributed by atoms with Gasteiger partial charge in [-0.1, -0.05) is 12.1 Å². The van der Waals surface area contributed by atoms with E-state index in [2.05, 4.69) is 5.32 Å². The lowest BCUT2D eigenvalue weighted by molar-refractivity contribution is -0.0300. The number of nitrogens with one attached hydrogen (secondary N) is 1. The maximum atomic E-state index is 11.9. The first kappa shape index (κ1) is 12.6. The highest BCUT2D eigenvalue weighted by Crippen LogP contribution is 2.30. The van der Waals surface area contributed by atoms with Crippen molar-refractivity contribution in [2.75, 3.05) is 6.54 Å². The van der Waals surface area contributed by atoms with E-state index in [1.165, 1.54) is 12.1 Å². The van der Waals surface area contributed by atoms with Crippen molar-refractivity contribution in [3.05, 3.63) is 35.4 Å². The van der Waals surface area contributed by atoms with Crippen molar-refractivity contribution in [2.45, 2.75) is 24.9 Å². The number of aliphatic hydroxyl groups is 1. The maximum Gasteiger partial charge on any atom is 0.336 e. The standard InChI is InChI=1S/C13H15NO4/c15-11(14-8-13(18)6-3-7-13)9-4-1-2-5-10(9)12(16)17/h1-2,4-5,18H,3,6-8H2,(H,14,15)(H,16,17). The van der Waals surface area contributed by atoms with Gasteiger partial charge >= 0.3 is 5.97 Å². The zero-order valence-corrected chi connectivity index (χ0v) is 9.85. The van der Waals surface area contributed by atoms with Gasteiger partial charge < -0.3 is 15.5 Å². The minimum Gasteiger partial charge on any atom is -0.478 e. The van der Waals surface area contributed by atoms with E-state index in [4.69, 9.17) is 5.11 Å². The highest BCUT2D eigenvalue weighted by molar-refractivity contribution is 6.04. The smallest absolute Gasteiger partial charge is 0.336 e. The lowest BCUT2D eigenvalue weighted by Gasteiger charge is -2.36. The molecule has 0 bridgehead atoms. The fourth-order valence-electron chi connectivity index (χ4n) is 1.97. The monoisotopic (exact) mass is 249 g/mol. The Kier molecular flexibility index (Phi) is 3.34. The highest BCUT2D eigenvalue weighted by atomic mass is 16.4. The van der Waals surface area contributed by atoms with E-state index in [0.717, 1.165) is 6.42 Å². The van der Waals surface area contributed by atoms with Crippen LogP contribution in [0.5, 0.6) is 0 Å². The van der Waals surface area contributed by atoms with Crippen molar-refractivity contribution in [1.82, 2.24) is 5.32 Å². The fourth-order valence-corrected chi connectivity index (χ4v) is 1.97. The summed E-state index contributed by atoms with van der Waals surface area (Å²) in [5, 5.41) is 21.4. The van der Waals surface area contributed by atoms with Gasteiger partial charge in [0.2, 0.25) is 0 Å². The molecule has 0 aromatic heterocycles. The van der Waals surface area contributed by atoms with Crippen molar-refractivity contribution < 1.29 is 19.8 Å². The minimum absolute atomic E-state index is 0.0319. The zero-order chi connectivity index (χ0) is 13.2. The number of amides is 1. The average Bonchev–Trinajstić information content (AvgIpc) is 2.33. The summed E-state index contributed by atoms with van der Waals surface area (Å²) < 4.78 is 0. The number of hydrogen-bond acceptors (Lipinski definition) is 3. The average molecular weight is 249 g/mol. The zero-order valence-electron chi connectivity index (χ0n) is 9.85. The predicted molar refractivity (Wildman–Crippen MR) is 64.5 cm³/mol. The molecule has 5 heteroatoms. The fraction of sp³-hybridized carbons (Fsp3) is 0.385. The van der Waals surface area contributed by atoms with E-state index in [0.29, 0.717) is 12.8 Å². The summed E-state index contributed by atoms with van der Waals surface area (Å²) in [5.41, 5.74) is -0.725. The molecule has 1 saturated carbocycles. The summed E-state index contributed by atoms with van der Waals surface area (Å²) in [6, 6.07) is 6.03. The van der Waals surface area contributed by atoms with Crippen LogP contribution in [0.3, 0.4) is 0 Å². The molecule has 0 unspecified atom stereocenters. The highest BCUT2D eigenvalue weighted by Gasteiger charge is 2.34. The molecule has 96 valence electrons. The second-order valence-corrected chi connectivity index (χ2v) is 4.61. The second-order valence-electron chi connectivity index (χ2n) is 4.61. The number of benzene rings is 1. The molecule has 1 aliphatic rings. The van der Waals surface area contributed by atoms with Crippen LogP contribution in [0.1, 0.15) is 40.0 Å². The van der Waals surface area contributed by atoms with Gasteiger partial charge in [-0.2, -0.15) is 0 Å². The Morgan fingerprint density at radius 3 is 2.33 bits per heavy atom. The van der Waals surface area contributed by atoms with E-state index in [9.17, 15) is 14.7 Å². The first-order valence-corrected chi connectivity index (χ1v) is 5.85. The Bertz CT molecular complexity index is 480. The minimum atomic E-state index is -1.14. The number of carbonyl (C=O) groups is 2. The molecule has 0 heterocycles. The van der Waals surface area contributed by atoms with Gasteiger partial charge in [-0.05, 0) is 31.4 Å². The Balaban J connectivity index is 2.06. The third-order valence-corrected chi connectivity index (χ3v) is 3.26. The number of carbonyl (C=O) groups excluding carboxylic acids is 1. The van der Waals surface area contributed by atoms with Crippen LogP contribution in [0.4, 0.5) is 0 Å². The molecule has 3 N–H and O–H groups in total. The Hall–Kier alpha value is -1.88. The SMILES string of the molecule is O=C(O)c1ccccc1C(=O)NCC1(O)CCC1. The van der Waals surface area contributed by atoms with Gasteiger partial charge in [-0.3, -0.25) is 4.79 Å². The number of carboxylic acids is 1. The summed E-state index contributed by atoms with van der Waals surface area (Å²) in [6.45, 7) is 0.166. The maximum absolute atomic E-state index is 11.9. The van der Waals surface area contributed by atoms with Gasteiger partial charge in [-0.15, -0.1) is 0 Å². The lowest BCUT2D eigenvalue weighted by Crippen LogP contribution is -2.47. The first-order valence-electron chi connectivity index (χ1n) is 5.85. The molecular formula is C13H15NO4. The van der Waals surface area contributed by atoms with E-state index in [1.54, 1.807) is 12.1 Å². The van der Waals surface area contributed by atoms with E-state index >= 15 is 0 Å². The normalized spacial score (nSPS) is 16.7. The lowest BCUT2D eigenvalue weighted by atomic mass is 9.80. The van der Waals surface area contributed by atoms with Gasteiger partial charge in [0, 0.05) is 6.54 Å². The molecular weight excluding hydrogens is 234 g/mol. The van der Waals surface area contributed by atoms with E-state index in [-0.39, 0.29) is 17.7 Å². The molecule has 1 aromatic carbocycles. The summed E-state index contributed by atoms with van der Waals surface area (Å²) in [6.07, 6.45) is 2.31. The van der Waals surface area contributed by atoms with Crippen LogP contribution in [-0.4, -0.2) is 34.2 Å². The summed E-state index contributed by atoms with van der Waals surface area (Å²) in [4.78, 5) is 22.8. The molecule has 0 atom stereocenters. The van der Waals surface area contributed by atoms with Crippen LogP contribution in [0.2, 0.25) is 0 Å². The van der Waals surface area contributed by atoms with Crippen LogP contribution in [0.25, 0.3) is 0 Å². The van der Waals surface area contributed by atoms with Crippen molar-refractivity contribution in [1.29, 1.82) is 0 Å². The van der Waals surface area contributed by atoms with Gasteiger partial charge in [0.1, 0.15) is 0 Å². The molecule has 1 fully saturated rings. The van der Waals surface area contributed by atoms with Gasteiger partial charge in [-0.25, -0.2) is 4.79 Å². The van der Waals surface area contributed by atoms with Crippen LogP contribution < -0.4 is 5.32 Å². The number of aromatic carboxylic acids is 1. The van der Waals surface area contributed by atoms with Crippen molar-refractivity contribution in [2.24, 2.45) is 0 Å². The summed E-state index contributed by atoms with van der Waals surface area (Å²) in [5.74, 6) is -1.60. The van der Waals surface area contributed by atoms with E-state index < -0.39 is 17.5 Å². The van der Waals surface area contributed by atoms with Gasteiger partial charge in [0.05, 0.1) is 16.7 Å². The Morgan fingerprint density at radius 2 is 1.83 bits per heavy atom. The molecule has 1 amide bonds. The van der Waals surface area contributed by atoms with Crippen LogP contribution >= 0.6 is 0 Å². The summed E-state index contributed by atoms with van der Waals surface area (Å²) >= 11 is 0. The third kappa shape index (κ3) is 2.51. The number of rotatable bonds is 4. The third-order valence-electron chi connectivity index (χ3n) is 3.26. The number of hydrogen-bond donors (Lipinski definition) is 3. The van der Waals surface area contributed by atoms with Crippen LogP contribution in [-0.2, 0) is 0 Å². The van der Waals surface area contributed by atoms with Crippen molar-refractivity contribution >= 4 is 11.9 Å². The van der Waals surface area contributed by atoms with E-state index in [1.807, 2.05) is 0 Å². The molecule has 0 saturated heterocycles. The number of carboxylic acid groups (broad SMARTS) is 1. The molecule has 1 aromatic rings.